The summed E-state index contributed by atoms with van der Waals surface area (Å²) in [6, 6.07) is 3.49. The first-order valence-electron chi connectivity index (χ1n) is 6.59. The monoisotopic (exact) mass is 355 g/mol. The number of thiazole rings is 1. The van der Waals surface area contributed by atoms with Crippen molar-refractivity contribution in [1.82, 2.24) is 9.88 Å². The smallest absolute Gasteiger partial charge is 0.245 e. The van der Waals surface area contributed by atoms with Crippen molar-refractivity contribution in [3.05, 3.63) is 35.2 Å². The zero-order valence-electron chi connectivity index (χ0n) is 11.7. The number of carbonyl (C=O) groups excluding carboxylic acids is 2. The van der Waals surface area contributed by atoms with Crippen molar-refractivity contribution >= 4 is 40.0 Å². The number of aromatic nitrogens is 1. The molecule has 0 radical (unpaired) electrons. The van der Waals surface area contributed by atoms with Crippen molar-refractivity contribution in [3.63, 3.8) is 0 Å². The van der Waals surface area contributed by atoms with E-state index in [0.29, 0.717) is 28.0 Å². The maximum Gasteiger partial charge on any atom is 0.245 e. The number of nitrogens with one attached hydrogen (secondary N) is 1. The van der Waals surface area contributed by atoms with Gasteiger partial charge in [0.05, 0.1) is 17.3 Å². The van der Waals surface area contributed by atoms with E-state index in [9.17, 15) is 18.4 Å². The standard InChI is InChI=1S/C14H11F2N3O2S2/c15-9-2-1-8(3-10(9)16)11-5-23-14(17-11)18-12(20)4-19-7-22-6-13(19)21/h1-3,5H,4,6-7H2,(H,17,18,20). The van der Waals surface area contributed by atoms with Gasteiger partial charge in [0.15, 0.2) is 16.8 Å². The fourth-order valence-corrected chi connectivity index (χ4v) is 3.63. The van der Waals surface area contributed by atoms with Crippen molar-refractivity contribution in [2.45, 2.75) is 0 Å². The van der Waals surface area contributed by atoms with Crippen LogP contribution in [0.4, 0.5) is 13.9 Å². The minimum absolute atomic E-state index is 0.0219. The van der Waals surface area contributed by atoms with Crippen molar-refractivity contribution in [2.75, 3.05) is 23.5 Å². The van der Waals surface area contributed by atoms with Crippen LogP contribution in [0.15, 0.2) is 23.6 Å². The van der Waals surface area contributed by atoms with Crippen LogP contribution in [0.1, 0.15) is 0 Å². The van der Waals surface area contributed by atoms with Crippen molar-refractivity contribution in [3.8, 4) is 11.3 Å². The number of carbonyl (C=O) groups is 2. The van der Waals surface area contributed by atoms with Gasteiger partial charge in [-0.2, -0.15) is 0 Å². The first kappa shape index (κ1) is 15.9. The highest BCUT2D eigenvalue weighted by Crippen LogP contribution is 2.26. The Morgan fingerprint density at radius 2 is 2.17 bits per heavy atom. The Morgan fingerprint density at radius 1 is 1.35 bits per heavy atom. The van der Waals surface area contributed by atoms with Crippen LogP contribution in [0.3, 0.4) is 0 Å². The Kier molecular flexibility index (Phi) is 4.58. The summed E-state index contributed by atoms with van der Waals surface area (Å²) in [5.41, 5.74) is 0.865. The molecule has 0 saturated carbocycles. The maximum absolute atomic E-state index is 13.2. The van der Waals surface area contributed by atoms with E-state index < -0.39 is 11.6 Å². The number of nitrogens with zero attached hydrogens (tertiary/aromatic N) is 2. The van der Waals surface area contributed by atoms with E-state index in [0.717, 1.165) is 12.1 Å². The van der Waals surface area contributed by atoms with Crippen LogP contribution in [0, 0.1) is 11.6 Å². The molecule has 1 aromatic carbocycles. The number of rotatable bonds is 4. The highest BCUT2D eigenvalue weighted by atomic mass is 32.2. The molecule has 2 heterocycles. The molecule has 2 aromatic rings. The Morgan fingerprint density at radius 3 is 2.87 bits per heavy atom. The summed E-state index contributed by atoms with van der Waals surface area (Å²) in [4.78, 5) is 29.0. The van der Waals surface area contributed by atoms with Gasteiger partial charge in [-0.25, -0.2) is 13.8 Å². The average molecular weight is 355 g/mol. The lowest BCUT2D eigenvalue weighted by molar-refractivity contribution is -0.130. The molecule has 5 nitrogen and oxygen atoms in total. The van der Waals surface area contributed by atoms with Crippen LogP contribution >= 0.6 is 23.1 Å². The number of halogens is 2. The molecule has 23 heavy (non-hydrogen) atoms. The normalized spacial score (nSPS) is 14.3. The molecular weight excluding hydrogens is 344 g/mol. The summed E-state index contributed by atoms with van der Waals surface area (Å²) in [5, 5.41) is 4.58. The van der Waals surface area contributed by atoms with Gasteiger partial charge in [0.25, 0.3) is 0 Å². The third-order valence-electron chi connectivity index (χ3n) is 3.13. The highest BCUT2D eigenvalue weighted by Gasteiger charge is 2.23. The Labute approximate surface area is 138 Å². The molecule has 9 heteroatoms. The molecule has 1 aliphatic rings. The highest BCUT2D eigenvalue weighted by molar-refractivity contribution is 8.00. The Bertz CT molecular complexity index is 766. The zero-order chi connectivity index (χ0) is 16.4. The number of hydrogen-bond acceptors (Lipinski definition) is 5. The lowest BCUT2D eigenvalue weighted by atomic mass is 10.2. The molecule has 0 spiro atoms. The molecule has 0 bridgehead atoms. The van der Waals surface area contributed by atoms with Gasteiger partial charge in [-0.05, 0) is 18.2 Å². The van der Waals surface area contributed by atoms with Crippen LogP contribution in [-0.2, 0) is 9.59 Å². The van der Waals surface area contributed by atoms with Gasteiger partial charge in [-0.15, -0.1) is 23.1 Å². The maximum atomic E-state index is 13.2. The van der Waals surface area contributed by atoms with E-state index in [1.807, 2.05) is 0 Å². The predicted molar refractivity (Wildman–Crippen MR) is 85.1 cm³/mol. The lowest BCUT2D eigenvalue weighted by Crippen LogP contribution is -2.34. The second kappa shape index (κ2) is 6.63. The van der Waals surface area contributed by atoms with Gasteiger partial charge < -0.3 is 10.2 Å². The summed E-state index contributed by atoms with van der Waals surface area (Å²) in [5.74, 6) is -1.38. The summed E-state index contributed by atoms with van der Waals surface area (Å²) < 4.78 is 26.2. The van der Waals surface area contributed by atoms with Gasteiger partial charge >= 0.3 is 0 Å². The number of thioether (sulfide) groups is 1. The molecule has 1 aliphatic heterocycles. The third-order valence-corrected chi connectivity index (χ3v) is 4.83. The van der Waals surface area contributed by atoms with Crippen LogP contribution in [0.25, 0.3) is 11.3 Å². The van der Waals surface area contributed by atoms with Crippen LogP contribution in [0.2, 0.25) is 0 Å². The number of anilines is 1. The van der Waals surface area contributed by atoms with Gasteiger partial charge in [0.1, 0.15) is 6.54 Å². The van der Waals surface area contributed by atoms with Gasteiger partial charge in [-0.3, -0.25) is 9.59 Å². The van der Waals surface area contributed by atoms with E-state index in [-0.39, 0.29) is 18.4 Å². The van der Waals surface area contributed by atoms with Gasteiger partial charge in [0.2, 0.25) is 11.8 Å². The minimum atomic E-state index is -0.953. The summed E-state index contributed by atoms with van der Waals surface area (Å²) >= 11 is 2.63. The van der Waals surface area contributed by atoms with Gasteiger partial charge in [-0.1, -0.05) is 0 Å². The topological polar surface area (TPSA) is 62.3 Å². The molecule has 1 N–H and O–H groups in total. The fourth-order valence-electron chi connectivity index (χ4n) is 1.99. The average Bonchev–Trinajstić information content (AvgIpc) is 3.12. The molecular formula is C14H11F2N3O2S2. The molecule has 0 aliphatic carbocycles. The molecule has 2 amide bonds. The minimum Gasteiger partial charge on any atom is -0.323 e. The first-order chi connectivity index (χ1) is 11.0. The quantitative estimate of drug-likeness (QED) is 0.916. The summed E-state index contributed by atoms with van der Waals surface area (Å²) in [6.45, 7) is -0.0219. The fraction of sp³-hybridized carbons (Fsp3) is 0.214. The third kappa shape index (κ3) is 3.67. The predicted octanol–water partition coefficient (Wildman–Crippen LogP) is 2.56. The molecule has 1 saturated heterocycles. The SMILES string of the molecule is O=C(CN1CSCC1=O)Nc1nc(-c2ccc(F)c(F)c2)cs1. The van der Waals surface area contributed by atoms with E-state index in [1.54, 1.807) is 5.38 Å². The number of benzene rings is 1. The van der Waals surface area contributed by atoms with Crippen molar-refractivity contribution in [1.29, 1.82) is 0 Å². The van der Waals surface area contributed by atoms with Crippen molar-refractivity contribution < 1.29 is 18.4 Å². The summed E-state index contributed by atoms with van der Waals surface area (Å²) in [7, 11) is 0. The first-order valence-corrected chi connectivity index (χ1v) is 8.62. The lowest BCUT2D eigenvalue weighted by Gasteiger charge is -2.13. The van der Waals surface area contributed by atoms with Crippen LogP contribution in [-0.4, -0.2) is 39.9 Å². The largest absolute Gasteiger partial charge is 0.323 e. The molecule has 3 rings (SSSR count). The van der Waals surface area contributed by atoms with Crippen LogP contribution in [0.5, 0.6) is 0 Å². The molecule has 1 aromatic heterocycles. The summed E-state index contributed by atoms with van der Waals surface area (Å²) in [6.07, 6.45) is 0. The molecule has 0 unspecified atom stereocenters. The van der Waals surface area contributed by atoms with Gasteiger partial charge in [0, 0.05) is 10.9 Å². The number of hydrogen-bond donors (Lipinski definition) is 1. The van der Waals surface area contributed by atoms with E-state index in [2.05, 4.69) is 10.3 Å². The van der Waals surface area contributed by atoms with Crippen molar-refractivity contribution in [2.24, 2.45) is 0 Å². The zero-order valence-corrected chi connectivity index (χ0v) is 13.3. The van der Waals surface area contributed by atoms with E-state index in [4.69, 9.17) is 0 Å². The van der Waals surface area contributed by atoms with Crippen LogP contribution < -0.4 is 5.32 Å². The van der Waals surface area contributed by atoms with E-state index >= 15 is 0 Å². The second-order valence-electron chi connectivity index (χ2n) is 4.78. The molecule has 120 valence electrons. The Hall–Kier alpha value is -2.00. The number of amides is 2. The molecule has 1 fully saturated rings. The van der Waals surface area contributed by atoms with E-state index in [1.165, 1.54) is 34.1 Å². The Balaban J connectivity index is 1.65. The molecule has 0 atom stereocenters. The second-order valence-corrected chi connectivity index (χ2v) is 6.60.